The highest BCUT2D eigenvalue weighted by atomic mass is 19.2. The van der Waals surface area contributed by atoms with Crippen LogP contribution in [0.25, 0.3) is 11.1 Å². The Bertz CT molecular complexity index is 1280. The fourth-order valence-corrected chi connectivity index (χ4v) is 6.01. The maximum Gasteiger partial charge on any atom is 0.410 e. The monoisotopic (exact) mass is 489 g/mol. The van der Waals surface area contributed by atoms with Crippen LogP contribution in [0.1, 0.15) is 40.2 Å². The molecule has 0 N–H and O–H groups in total. The number of fused-ring (bicyclic) bond motifs is 5. The average molecular weight is 490 g/mol. The third kappa shape index (κ3) is 3.78. The summed E-state index contributed by atoms with van der Waals surface area (Å²) in [5.74, 6) is -3.16. The van der Waals surface area contributed by atoms with Crippen molar-refractivity contribution in [3.8, 4) is 11.1 Å². The van der Waals surface area contributed by atoms with Crippen molar-refractivity contribution in [1.29, 1.82) is 0 Å². The van der Waals surface area contributed by atoms with Crippen molar-refractivity contribution >= 4 is 11.9 Å². The summed E-state index contributed by atoms with van der Waals surface area (Å²) in [5.41, 5.74) is 4.34. The van der Waals surface area contributed by atoms with E-state index in [1.54, 1.807) is 4.90 Å². The van der Waals surface area contributed by atoms with Gasteiger partial charge in [-0.2, -0.15) is 0 Å². The summed E-state index contributed by atoms with van der Waals surface area (Å²) in [5, 5.41) is 0. The molecule has 2 aliphatic heterocycles. The van der Waals surface area contributed by atoms with Gasteiger partial charge in [0.05, 0.1) is 30.9 Å². The number of piperidine rings is 1. The first-order valence-electron chi connectivity index (χ1n) is 12.2. The van der Waals surface area contributed by atoms with E-state index in [1.165, 1.54) is 12.1 Å². The van der Waals surface area contributed by atoms with Gasteiger partial charge in [0, 0.05) is 11.8 Å². The van der Waals surface area contributed by atoms with Crippen LogP contribution in [0.15, 0.2) is 66.7 Å². The van der Waals surface area contributed by atoms with Crippen LogP contribution in [0.4, 0.5) is 13.6 Å². The second-order valence-electron chi connectivity index (χ2n) is 9.69. The van der Waals surface area contributed by atoms with Gasteiger partial charge in [0.1, 0.15) is 6.61 Å². The third-order valence-corrected chi connectivity index (χ3v) is 7.66. The van der Waals surface area contributed by atoms with Gasteiger partial charge in [-0.1, -0.05) is 54.6 Å². The Morgan fingerprint density at radius 3 is 2.11 bits per heavy atom. The highest BCUT2D eigenvalue weighted by Crippen LogP contribution is 2.44. The molecule has 2 atom stereocenters. The molecule has 5 nitrogen and oxygen atoms in total. The van der Waals surface area contributed by atoms with Crippen LogP contribution in [-0.2, 0) is 9.47 Å². The minimum absolute atomic E-state index is 0.0486. The SMILES string of the molecule is O=C(c1cccc(F)c1F)C1CC2COCC(C1)N2C(=O)OCC1c2ccccc2-c2ccccc21. The summed E-state index contributed by atoms with van der Waals surface area (Å²) < 4.78 is 39.5. The van der Waals surface area contributed by atoms with Crippen LogP contribution in [-0.4, -0.2) is 48.7 Å². The number of ketones is 1. The zero-order valence-electron chi connectivity index (χ0n) is 19.5. The van der Waals surface area contributed by atoms with Crippen LogP contribution in [0.3, 0.4) is 0 Å². The lowest BCUT2D eigenvalue weighted by atomic mass is 9.80. The van der Waals surface area contributed by atoms with Gasteiger partial charge >= 0.3 is 6.09 Å². The lowest BCUT2D eigenvalue weighted by Gasteiger charge is -2.47. The van der Waals surface area contributed by atoms with E-state index in [9.17, 15) is 18.4 Å². The van der Waals surface area contributed by atoms with Gasteiger partial charge in [0.25, 0.3) is 0 Å². The third-order valence-electron chi connectivity index (χ3n) is 7.66. The van der Waals surface area contributed by atoms with Gasteiger partial charge in [-0.25, -0.2) is 13.6 Å². The first-order valence-corrected chi connectivity index (χ1v) is 12.2. The molecule has 0 radical (unpaired) electrons. The summed E-state index contributed by atoms with van der Waals surface area (Å²) in [7, 11) is 0. The number of carbonyl (C=O) groups excluding carboxylic acids is 2. The first kappa shape index (κ1) is 22.9. The quantitative estimate of drug-likeness (QED) is 0.450. The predicted molar refractivity (Wildman–Crippen MR) is 129 cm³/mol. The summed E-state index contributed by atoms with van der Waals surface area (Å²) in [4.78, 5) is 28.0. The van der Waals surface area contributed by atoms with Crippen LogP contribution >= 0.6 is 0 Å². The molecule has 2 heterocycles. The molecule has 7 heteroatoms. The van der Waals surface area contributed by atoms with Crippen molar-refractivity contribution in [2.45, 2.75) is 30.8 Å². The van der Waals surface area contributed by atoms with E-state index in [2.05, 4.69) is 24.3 Å². The maximum atomic E-state index is 14.3. The number of hydrogen-bond acceptors (Lipinski definition) is 4. The Labute approximate surface area is 207 Å². The molecule has 3 aliphatic rings. The summed E-state index contributed by atoms with van der Waals surface area (Å²) in [6.07, 6.45) is 0.198. The van der Waals surface area contributed by atoms with Gasteiger partial charge in [0.2, 0.25) is 0 Å². The fraction of sp³-hybridized carbons (Fsp3) is 0.310. The van der Waals surface area contributed by atoms with E-state index in [0.717, 1.165) is 28.3 Å². The second-order valence-corrected chi connectivity index (χ2v) is 9.69. The van der Waals surface area contributed by atoms with Gasteiger partial charge < -0.3 is 9.47 Å². The number of hydrogen-bond donors (Lipinski definition) is 0. The number of morpholine rings is 1. The zero-order chi connectivity index (χ0) is 24.8. The molecular formula is C29H25F2NO4. The number of nitrogens with zero attached hydrogens (tertiary/aromatic N) is 1. The first-order chi connectivity index (χ1) is 17.5. The molecule has 2 fully saturated rings. The summed E-state index contributed by atoms with van der Waals surface area (Å²) in [6.45, 7) is 0.757. The molecule has 3 aromatic carbocycles. The fourth-order valence-electron chi connectivity index (χ4n) is 6.01. The highest BCUT2D eigenvalue weighted by molar-refractivity contribution is 5.98. The number of ether oxygens (including phenoxy) is 2. The Hall–Kier alpha value is -3.58. The Morgan fingerprint density at radius 1 is 0.861 bits per heavy atom. The number of amides is 1. The van der Waals surface area contributed by atoms with E-state index >= 15 is 0 Å². The molecule has 184 valence electrons. The van der Waals surface area contributed by atoms with Gasteiger partial charge in [-0.15, -0.1) is 0 Å². The highest BCUT2D eigenvalue weighted by Gasteiger charge is 2.45. The van der Waals surface area contributed by atoms with E-state index in [-0.39, 0.29) is 43.4 Å². The summed E-state index contributed by atoms with van der Waals surface area (Å²) in [6, 6.07) is 19.2. The van der Waals surface area contributed by atoms with E-state index in [0.29, 0.717) is 12.8 Å². The molecule has 2 unspecified atom stereocenters. The van der Waals surface area contributed by atoms with Crippen LogP contribution in [0, 0.1) is 17.6 Å². The average Bonchev–Trinajstić information content (AvgIpc) is 3.21. The number of Topliss-reactive ketones (excluding diaryl/α,β-unsaturated/α-hetero) is 1. The van der Waals surface area contributed by atoms with Gasteiger partial charge in [-0.05, 0) is 47.2 Å². The van der Waals surface area contributed by atoms with Crippen LogP contribution in [0.5, 0.6) is 0 Å². The molecule has 2 saturated heterocycles. The van der Waals surface area contributed by atoms with E-state index in [1.807, 2.05) is 24.3 Å². The largest absolute Gasteiger partial charge is 0.448 e. The van der Waals surface area contributed by atoms with Crippen molar-refractivity contribution in [1.82, 2.24) is 4.90 Å². The molecule has 1 aliphatic carbocycles. The zero-order valence-corrected chi connectivity index (χ0v) is 19.5. The molecule has 3 aromatic rings. The van der Waals surface area contributed by atoms with Crippen LogP contribution in [0.2, 0.25) is 0 Å². The molecule has 2 bridgehead atoms. The minimum Gasteiger partial charge on any atom is -0.448 e. The number of benzene rings is 3. The normalized spacial score (nSPS) is 22.6. The van der Waals surface area contributed by atoms with E-state index in [4.69, 9.17) is 9.47 Å². The smallest absolute Gasteiger partial charge is 0.410 e. The molecule has 0 aromatic heterocycles. The lowest BCUT2D eigenvalue weighted by molar-refractivity contribution is -0.0748. The number of carbonyl (C=O) groups is 2. The lowest BCUT2D eigenvalue weighted by Crippen LogP contribution is -2.60. The van der Waals surface area contributed by atoms with Crippen molar-refractivity contribution in [3.05, 3.63) is 95.1 Å². The molecule has 0 spiro atoms. The van der Waals surface area contributed by atoms with Crippen LogP contribution < -0.4 is 0 Å². The summed E-state index contributed by atoms with van der Waals surface area (Å²) >= 11 is 0. The van der Waals surface area contributed by atoms with Gasteiger partial charge in [-0.3, -0.25) is 9.69 Å². The Balaban J connectivity index is 1.17. The molecule has 1 amide bonds. The predicted octanol–water partition coefficient (Wildman–Crippen LogP) is 5.58. The molecule has 36 heavy (non-hydrogen) atoms. The van der Waals surface area contributed by atoms with Crippen molar-refractivity contribution in [2.24, 2.45) is 5.92 Å². The maximum absolute atomic E-state index is 14.3. The van der Waals surface area contributed by atoms with E-state index < -0.39 is 29.4 Å². The molecule has 6 rings (SSSR count). The van der Waals surface area contributed by atoms with Crippen molar-refractivity contribution in [3.63, 3.8) is 0 Å². The Morgan fingerprint density at radius 2 is 1.47 bits per heavy atom. The number of rotatable bonds is 4. The molecular weight excluding hydrogens is 464 g/mol. The van der Waals surface area contributed by atoms with Crippen molar-refractivity contribution < 1.29 is 27.8 Å². The van der Waals surface area contributed by atoms with Gasteiger partial charge in [0.15, 0.2) is 17.4 Å². The topological polar surface area (TPSA) is 55.8 Å². The second kappa shape index (κ2) is 9.13. The Kier molecular flexibility index (Phi) is 5.80. The molecule has 0 saturated carbocycles. The number of halogens is 2. The standard InChI is InChI=1S/C29H25F2NO4/c30-26-11-5-10-24(27(26)31)28(33)17-12-18-14-35-15-19(13-17)32(18)29(34)36-16-25-22-8-3-1-6-20(22)21-7-2-4-9-23(21)25/h1-11,17-19,25H,12-16H2. The van der Waals surface area contributed by atoms with Crippen molar-refractivity contribution in [2.75, 3.05) is 19.8 Å². The minimum atomic E-state index is -1.12.